The fourth-order valence-corrected chi connectivity index (χ4v) is 3.65. The number of aromatic nitrogens is 5. The molecule has 0 radical (unpaired) electrons. The van der Waals surface area contributed by atoms with Crippen LogP contribution >= 0.6 is 0 Å². The summed E-state index contributed by atoms with van der Waals surface area (Å²) in [5.41, 5.74) is 3.32. The number of amides is 1. The van der Waals surface area contributed by atoms with E-state index >= 15 is 0 Å². The van der Waals surface area contributed by atoms with E-state index in [4.69, 9.17) is 4.52 Å². The van der Waals surface area contributed by atoms with E-state index in [1.807, 2.05) is 7.05 Å². The van der Waals surface area contributed by atoms with Gasteiger partial charge < -0.3 is 9.42 Å². The summed E-state index contributed by atoms with van der Waals surface area (Å²) >= 11 is 0. The molecule has 1 aliphatic rings. The van der Waals surface area contributed by atoms with Crippen LogP contribution in [0, 0.1) is 5.82 Å². The van der Waals surface area contributed by atoms with Crippen LogP contribution in [-0.4, -0.2) is 42.3 Å². The molecule has 0 unspecified atom stereocenters. The van der Waals surface area contributed by atoms with Crippen molar-refractivity contribution >= 4 is 5.91 Å². The molecule has 0 spiro atoms. The van der Waals surface area contributed by atoms with Gasteiger partial charge >= 0.3 is 0 Å². The Bertz CT molecular complexity index is 1230. The standard InChI is InChI=1S/C21H17FN6O2/c1-27-17-8-10-28(21(29)16-7-2-3-9-23-16)12-15(17)18(25-27)20-24-19(26-30-20)13-5-4-6-14(22)11-13/h2-7,9,11H,8,10,12H2,1H3. The monoisotopic (exact) mass is 404 g/mol. The highest BCUT2D eigenvalue weighted by atomic mass is 19.1. The zero-order valence-electron chi connectivity index (χ0n) is 16.1. The Hall–Kier alpha value is -3.88. The van der Waals surface area contributed by atoms with Crippen molar-refractivity contribution in [1.82, 2.24) is 29.8 Å². The lowest BCUT2D eigenvalue weighted by Gasteiger charge is -2.27. The van der Waals surface area contributed by atoms with E-state index in [1.54, 1.807) is 46.1 Å². The van der Waals surface area contributed by atoms with Crippen molar-refractivity contribution in [3.8, 4) is 23.0 Å². The molecule has 0 atom stereocenters. The molecule has 30 heavy (non-hydrogen) atoms. The Morgan fingerprint density at radius 2 is 2.10 bits per heavy atom. The molecule has 0 N–H and O–H groups in total. The highest BCUT2D eigenvalue weighted by molar-refractivity contribution is 5.92. The second-order valence-corrected chi connectivity index (χ2v) is 7.02. The Morgan fingerprint density at radius 3 is 2.90 bits per heavy atom. The first-order valence-corrected chi connectivity index (χ1v) is 9.45. The largest absolute Gasteiger partial charge is 0.332 e. The molecule has 8 nitrogen and oxygen atoms in total. The van der Waals surface area contributed by atoms with Crippen LogP contribution < -0.4 is 0 Å². The number of rotatable bonds is 3. The number of nitrogens with zero attached hydrogens (tertiary/aromatic N) is 6. The van der Waals surface area contributed by atoms with E-state index in [0.29, 0.717) is 36.5 Å². The molecule has 9 heteroatoms. The summed E-state index contributed by atoms with van der Waals surface area (Å²) in [6, 6.07) is 11.3. The highest BCUT2D eigenvalue weighted by Gasteiger charge is 2.30. The molecule has 1 amide bonds. The number of aryl methyl sites for hydroxylation is 1. The van der Waals surface area contributed by atoms with E-state index in [9.17, 15) is 9.18 Å². The summed E-state index contributed by atoms with van der Waals surface area (Å²) in [7, 11) is 1.85. The number of hydrogen-bond donors (Lipinski definition) is 0. The summed E-state index contributed by atoms with van der Waals surface area (Å²) in [4.78, 5) is 23.1. The van der Waals surface area contributed by atoms with Gasteiger partial charge in [-0.3, -0.25) is 14.5 Å². The Kier molecular flexibility index (Phi) is 4.35. The molecule has 1 aromatic carbocycles. The summed E-state index contributed by atoms with van der Waals surface area (Å²) in [5.74, 6) is -0.000787. The maximum Gasteiger partial charge on any atom is 0.279 e. The van der Waals surface area contributed by atoms with Gasteiger partial charge in [0.25, 0.3) is 11.8 Å². The minimum absolute atomic E-state index is 0.137. The SMILES string of the molecule is Cn1nc(-c2nc(-c3cccc(F)c3)no2)c2c1CCN(C(=O)c1ccccn1)C2. The summed E-state index contributed by atoms with van der Waals surface area (Å²) in [6.45, 7) is 0.936. The molecule has 3 aromatic heterocycles. The first-order chi connectivity index (χ1) is 14.6. The average Bonchev–Trinajstić information content (AvgIpc) is 3.39. The van der Waals surface area contributed by atoms with Crippen molar-refractivity contribution < 1.29 is 13.7 Å². The van der Waals surface area contributed by atoms with Gasteiger partial charge in [-0.1, -0.05) is 23.4 Å². The average molecular weight is 404 g/mol. The van der Waals surface area contributed by atoms with Gasteiger partial charge in [-0.2, -0.15) is 10.1 Å². The van der Waals surface area contributed by atoms with Crippen LogP contribution in [0.1, 0.15) is 21.7 Å². The summed E-state index contributed by atoms with van der Waals surface area (Å²) in [6.07, 6.45) is 2.26. The van der Waals surface area contributed by atoms with Crippen LogP contribution in [0.25, 0.3) is 23.0 Å². The fraction of sp³-hybridized carbons (Fsp3) is 0.190. The van der Waals surface area contributed by atoms with E-state index in [2.05, 4.69) is 20.2 Å². The minimum atomic E-state index is -0.377. The van der Waals surface area contributed by atoms with Crippen molar-refractivity contribution in [1.29, 1.82) is 0 Å². The van der Waals surface area contributed by atoms with E-state index in [-0.39, 0.29) is 23.4 Å². The van der Waals surface area contributed by atoms with Crippen LogP contribution in [0.4, 0.5) is 4.39 Å². The van der Waals surface area contributed by atoms with Gasteiger partial charge in [0, 0.05) is 43.0 Å². The maximum atomic E-state index is 13.5. The molecular weight excluding hydrogens is 387 g/mol. The first kappa shape index (κ1) is 18.2. The number of pyridine rings is 1. The molecule has 0 saturated carbocycles. The van der Waals surface area contributed by atoms with Gasteiger partial charge in [-0.25, -0.2) is 4.39 Å². The molecule has 0 fully saturated rings. The minimum Gasteiger partial charge on any atom is -0.332 e. The Balaban J connectivity index is 1.47. The maximum absolute atomic E-state index is 13.5. The van der Waals surface area contributed by atoms with Crippen LogP contribution in [0.5, 0.6) is 0 Å². The van der Waals surface area contributed by atoms with E-state index in [1.165, 1.54) is 12.1 Å². The number of carbonyl (C=O) groups is 1. The lowest BCUT2D eigenvalue weighted by molar-refractivity contribution is 0.0727. The van der Waals surface area contributed by atoms with Gasteiger partial charge in [0.15, 0.2) is 5.69 Å². The molecule has 4 aromatic rings. The molecular formula is C21H17FN6O2. The van der Waals surface area contributed by atoms with Crippen LogP contribution in [0.3, 0.4) is 0 Å². The third-order valence-electron chi connectivity index (χ3n) is 5.12. The topological polar surface area (TPSA) is 89.9 Å². The van der Waals surface area contributed by atoms with E-state index < -0.39 is 0 Å². The normalized spacial score (nSPS) is 13.3. The predicted octanol–water partition coefficient (Wildman–Crippen LogP) is 2.87. The van der Waals surface area contributed by atoms with Crippen molar-refractivity contribution in [3.63, 3.8) is 0 Å². The second-order valence-electron chi connectivity index (χ2n) is 7.02. The van der Waals surface area contributed by atoms with Crippen LogP contribution in [0.15, 0.2) is 53.2 Å². The van der Waals surface area contributed by atoms with Gasteiger partial charge in [0.1, 0.15) is 11.5 Å². The van der Waals surface area contributed by atoms with Crippen molar-refractivity contribution in [2.45, 2.75) is 13.0 Å². The molecule has 1 aliphatic heterocycles. The van der Waals surface area contributed by atoms with Crippen LogP contribution in [0.2, 0.25) is 0 Å². The van der Waals surface area contributed by atoms with Crippen LogP contribution in [-0.2, 0) is 20.0 Å². The van der Waals surface area contributed by atoms with E-state index in [0.717, 1.165) is 11.3 Å². The molecule has 5 rings (SSSR count). The first-order valence-electron chi connectivity index (χ1n) is 9.45. The molecule has 0 bridgehead atoms. The third-order valence-corrected chi connectivity index (χ3v) is 5.12. The fourth-order valence-electron chi connectivity index (χ4n) is 3.65. The van der Waals surface area contributed by atoms with Gasteiger partial charge in [-0.15, -0.1) is 0 Å². The molecule has 4 heterocycles. The van der Waals surface area contributed by atoms with Crippen molar-refractivity contribution in [2.75, 3.05) is 6.54 Å². The smallest absolute Gasteiger partial charge is 0.279 e. The third kappa shape index (κ3) is 3.14. The number of benzene rings is 1. The quantitative estimate of drug-likeness (QED) is 0.522. The number of carbonyl (C=O) groups excluding carboxylic acids is 1. The lowest BCUT2D eigenvalue weighted by Crippen LogP contribution is -2.36. The summed E-state index contributed by atoms with van der Waals surface area (Å²) < 4.78 is 20.7. The number of fused-ring (bicyclic) bond motifs is 1. The molecule has 150 valence electrons. The molecule has 0 aliphatic carbocycles. The van der Waals surface area contributed by atoms with Gasteiger partial charge in [0.05, 0.1) is 6.54 Å². The number of halogens is 1. The Labute approximate surface area is 171 Å². The highest BCUT2D eigenvalue weighted by Crippen LogP contribution is 2.30. The number of hydrogen-bond acceptors (Lipinski definition) is 6. The van der Waals surface area contributed by atoms with Crippen molar-refractivity contribution in [2.24, 2.45) is 7.05 Å². The molecule has 0 saturated heterocycles. The Morgan fingerprint density at radius 1 is 1.20 bits per heavy atom. The lowest BCUT2D eigenvalue weighted by atomic mass is 10.0. The second kappa shape index (κ2) is 7.18. The van der Waals surface area contributed by atoms with Gasteiger partial charge in [-0.05, 0) is 24.3 Å². The predicted molar refractivity (Wildman–Crippen MR) is 105 cm³/mol. The van der Waals surface area contributed by atoms with Gasteiger partial charge in [0.2, 0.25) is 5.82 Å². The van der Waals surface area contributed by atoms with Crippen molar-refractivity contribution in [3.05, 3.63) is 71.4 Å². The summed E-state index contributed by atoms with van der Waals surface area (Å²) in [5, 5.41) is 8.52. The zero-order chi connectivity index (χ0) is 20.7. The zero-order valence-corrected chi connectivity index (χ0v) is 16.1.